The third-order valence-corrected chi connectivity index (χ3v) is 4.70. The Morgan fingerprint density at radius 1 is 1.19 bits per heavy atom. The van der Waals surface area contributed by atoms with Gasteiger partial charge in [0.05, 0.1) is 4.92 Å². The summed E-state index contributed by atoms with van der Waals surface area (Å²) in [6.45, 7) is 2.12. The molecule has 7 nitrogen and oxygen atoms in total. The van der Waals surface area contributed by atoms with Gasteiger partial charge in [0.1, 0.15) is 5.69 Å². The molecule has 7 heteroatoms. The van der Waals surface area contributed by atoms with Crippen LogP contribution in [0.4, 0.5) is 17.1 Å². The zero-order valence-electron chi connectivity index (χ0n) is 15.1. The van der Waals surface area contributed by atoms with Gasteiger partial charge < -0.3 is 5.32 Å². The second-order valence-corrected chi connectivity index (χ2v) is 6.67. The highest BCUT2D eigenvalue weighted by Crippen LogP contribution is 2.27. The summed E-state index contributed by atoms with van der Waals surface area (Å²) in [6.07, 6.45) is 4.26. The number of hydrazone groups is 1. The highest BCUT2D eigenvalue weighted by molar-refractivity contribution is 6.05. The van der Waals surface area contributed by atoms with E-state index in [2.05, 4.69) is 22.8 Å². The fourth-order valence-electron chi connectivity index (χ4n) is 3.11. The van der Waals surface area contributed by atoms with Gasteiger partial charge in [0.15, 0.2) is 0 Å². The number of nitrogens with zero attached hydrogens (tertiary/aromatic N) is 2. The molecule has 0 radical (unpaired) electrons. The molecule has 0 aliphatic heterocycles. The SMILES string of the molecule is C[C@@H]1CCCCC1=NNc1ccc(C(=O)Nc2ccccc2)cc1[N+](=O)[O-]. The minimum absolute atomic E-state index is 0.177. The van der Waals surface area contributed by atoms with E-state index in [-0.39, 0.29) is 16.9 Å². The fraction of sp³-hybridized carbons (Fsp3) is 0.300. The first-order chi connectivity index (χ1) is 13.0. The van der Waals surface area contributed by atoms with Crippen molar-refractivity contribution in [3.05, 3.63) is 64.2 Å². The summed E-state index contributed by atoms with van der Waals surface area (Å²) in [7, 11) is 0. The normalized spacial score (nSPS) is 18.1. The Balaban J connectivity index is 1.79. The topological polar surface area (TPSA) is 96.6 Å². The lowest BCUT2D eigenvalue weighted by Gasteiger charge is -2.20. The maximum Gasteiger partial charge on any atom is 0.294 e. The van der Waals surface area contributed by atoms with Crippen LogP contribution in [-0.4, -0.2) is 16.5 Å². The molecule has 0 heterocycles. The molecule has 1 aliphatic carbocycles. The smallest absolute Gasteiger partial charge is 0.294 e. The standard InChI is InChI=1S/C20H22N4O3/c1-14-7-5-6-10-17(14)22-23-18-12-11-15(13-19(18)24(26)27)20(25)21-16-8-3-2-4-9-16/h2-4,8-9,11-14,23H,5-7,10H2,1H3,(H,21,25)/t14-/m1/s1. The third kappa shape index (κ3) is 4.69. The summed E-state index contributed by atoms with van der Waals surface area (Å²) in [5, 5.41) is 18.6. The van der Waals surface area contributed by atoms with Gasteiger partial charge in [-0.15, -0.1) is 0 Å². The lowest BCUT2D eigenvalue weighted by molar-refractivity contribution is -0.384. The lowest BCUT2D eigenvalue weighted by atomic mass is 9.89. The van der Waals surface area contributed by atoms with Crippen molar-refractivity contribution in [2.45, 2.75) is 32.6 Å². The van der Waals surface area contributed by atoms with Crippen LogP contribution in [0.25, 0.3) is 0 Å². The zero-order valence-corrected chi connectivity index (χ0v) is 15.1. The molecular weight excluding hydrogens is 344 g/mol. The molecule has 0 saturated heterocycles. The van der Waals surface area contributed by atoms with Crippen molar-refractivity contribution >= 4 is 28.7 Å². The number of nitro benzene ring substituents is 1. The highest BCUT2D eigenvalue weighted by Gasteiger charge is 2.19. The Kier molecular flexibility index (Phi) is 5.80. The van der Waals surface area contributed by atoms with Crippen molar-refractivity contribution in [2.24, 2.45) is 11.0 Å². The molecule has 1 atom stereocenters. The van der Waals surface area contributed by atoms with E-state index in [0.29, 0.717) is 11.6 Å². The number of hydrogen-bond acceptors (Lipinski definition) is 5. The van der Waals surface area contributed by atoms with Gasteiger partial charge >= 0.3 is 0 Å². The number of rotatable bonds is 5. The molecular formula is C20H22N4O3. The molecule has 2 aromatic carbocycles. The van der Waals surface area contributed by atoms with Gasteiger partial charge in [0.25, 0.3) is 11.6 Å². The zero-order chi connectivity index (χ0) is 19.2. The Hall–Kier alpha value is -3.22. The molecule has 1 amide bonds. The second kappa shape index (κ2) is 8.44. The van der Waals surface area contributed by atoms with E-state index < -0.39 is 10.8 Å². The number of para-hydroxylation sites is 1. The number of hydrogen-bond donors (Lipinski definition) is 2. The summed E-state index contributed by atoms with van der Waals surface area (Å²) >= 11 is 0. The van der Waals surface area contributed by atoms with Gasteiger partial charge in [-0.2, -0.15) is 5.10 Å². The van der Waals surface area contributed by atoms with Crippen molar-refractivity contribution in [1.82, 2.24) is 0 Å². The molecule has 140 valence electrons. The molecule has 3 rings (SSSR count). The van der Waals surface area contributed by atoms with Crippen molar-refractivity contribution in [1.29, 1.82) is 0 Å². The average molecular weight is 366 g/mol. The van der Waals surface area contributed by atoms with Gasteiger partial charge in [0.2, 0.25) is 0 Å². The number of carbonyl (C=O) groups excluding carboxylic acids is 1. The summed E-state index contributed by atoms with van der Waals surface area (Å²) in [6, 6.07) is 13.3. The first kappa shape index (κ1) is 18.6. The first-order valence-corrected chi connectivity index (χ1v) is 9.02. The summed E-state index contributed by atoms with van der Waals surface area (Å²) in [4.78, 5) is 23.3. The van der Waals surface area contributed by atoms with E-state index in [1.54, 1.807) is 30.3 Å². The number of benzene rings is 2. The molecule has 0 unspecified atom stereocenters. The van der Waals surface area contributed by atoms with E-state index in [1.807, 2.05) is 6.07 Å². The van der Waals surface area contributed by atoms with Crippen LogP contribution in [0.3, 0.4) is 0 Å². The molecule has 2 N–H and O–H groups in total. The summed E-state index contributed by atoms with van der Waals surface area (Å²) in [5.41, 5.74) is 4.80. The molecule has 27 heavy (non-hydrogen) atoms. The predicted molar refractivity (Wildman–Crippen MR) is 106 cm³/mol. The van der Waals surface area contributed by atoms with Crippen LogP contribution in [-0.2, 0) is 0 Å². The van der Waals surface area contributed by atoms with Crippen LogP contribution in [0.15, 0.2) is 53.6 Å². The van der Waals surface area contributed by atoms with Crippen LogP contribution in [0, 0.1) is 16.0 Å². The number of carbonyl (C=O) groups is 1. The fourth-order valence-corrected chi connectivity index (χ4v) is 3.11. The molecule has 1 aliphatic rings. The van der Waals surface area contributed by atoms with Crippen LogP contribution < -0.4 is 10.7 Å². The van der Waals surface area contributed by atoms with Gasteiger partial charge in [-0.05, 0) is 49.4 Å². The predicted octanol–water partition coefficient (Wildman–Crippen LogP) is 4.83. The second-order valence-electron chi connectivity index (χ2n) is 6.67. The van der Waals surface area contributed by atoms with E-state index >= 15 is 0 Å². The van der Waals surface area contributed by atoms with Crippen LogP contribution >= 0.6 is 0 Å². The monoisotopic (exact) mass is 366 g/mol. The molecule has 0 bridgehead atoms. The van der Waals surface area contributed by atoms with Crippen molar-refractivity contribution in [3.63, 3.8) is 0 Å². The van der Waals surface area contributed by atoms with Crippen molar-refractivity contribution in [2.75, 3.05) is 10.7 Å². The van der Waals surface area contributed by atoms with Gasteiger partial charge in [-0.1, -0.05) is 31.5 Å². The largest absolute Gasteiger partial charge is 0.322 e. The van der Waals surface area contributed by atoms with E-state index in [4.69, 9.17) is 0 Å². The Morgan fingerprint density at radius 3 is 2.67 bits per heavy atom. The number of amides is 1. The molecule has 0 spiro atoms. The molecule has 2 aromatic rings. The Morgan fingerprint density at radius 2 is 1.96 bits per heavy atom. The Labute approximate surface area is 157 Å². The van der Waals surface area contributed by atoms with E-state index in [0.717, 1.165) is 25.0 Å². The quantitative estimate of drug-likeness (QED) is 0.585. The Bertz CT molecular complexity index is 865. The van der Waals surface area contributed by atoms with E-state index in [9.17, 15) is 14.9 Å². The first-order valence-electron chi connectivity index (χ1n) is 9.02. The van der Waals surface area contributed by atoms with E-state index in [1.165, 1.54) is 18.6 Å². The summed E-state index contributed by atoms with van der Waals surface area (Å²) in [5.74, 6) is -0.0238. The average Bonchev–Trinajstić information content (AvgIpc) is 2.68. The minimum atomic E-state index is -0.508. The summed E-state index contributed by atoms with van der Waals surface area (Å²) < 4.78 is 0. The highest BCUT2D eigenvalue weighted by atomic mass is 16.6. The minimum Gasteiger partial charge on any atom is -0.322 e. The lowest BCUT2D eigenvalue weighted by Crippen LogP contribution is -2.17. The molecule has 1 fully saturated rings. The van der Waals surface area contributed by atoms with Crippen LogP contribution in [0.5, 0.6) is 0 Å². The van der Waals surface area contributed by atoms with Crippen molar-refractivity contribution in [3.8, 4) is 0 Å². The molecule has 0 aromatic heterocycles. The number of anilines is 2. The van der Waals surface area contributed by atoms with Crippen molar-refractivity contribution < 1.29 is 9.72 Å². The maximum absolute atomic E-state index is 12.4. The molecule has 1 saturated carbocycles. The maximum atomic E-state index is 12.4. The number of nitro groups is 1. The van der Waals surface area contributed by atoms with Crippen LogP contribution in [0.2, 0.25) is 0 Å². The van der Waals surface area contributed by atoms with Gasteiger partial charge in [0, 0.05) is 23.0 Å². The van der Waals surface area contributed by atoms with Crippen LogP contribution in [0.1, 0.15) is 43.0 Å². The van der Waals surface area contributed by atoms with Gasteiger partial charge in [-0.25, -0.2) is 0 Å². The van der Waals surface area contributed by atoms with Gasteiger partial charge in [-0.3, -0.25) is 20.3 Å². The number of nitrogens with one attached hydrogen (secondary N) is 2. The third-order valence-electron chi connectivity index (χ3n) is 4.70.